The molecular weight excluding hydrogens is 461 g/mol. The van der Waals surface area contributed by atoms with Gasteiger partial charge in [-0.25, -0.2) is 4.79 Å². The molecule has 186 valence electrons. The second-order valence-electron chi connectivity index (χ2n) is 9.51. The summed E-state index contributed by atoms with van der Waals surface area (Å²) in [7, 11) is -2.74. The number of halogens is 3. The molecule has 2 atom stereocenters. The zero-order valence-corrected chi connectivity index (χ0v) is 21.0. The molecule has 0 amide bonds. The summed E-state index contributed by atoms with van der Waals surface area (Å²) in [5.74, 6) is -2.31. The Morgan fingerprint density at radius 1 is 0.971 bits per heavy atom. The molecule has 2 unspecified atom stereocenters. The van der Waals surface area contributed by atoms with Gasteiger partial charge in [0.05, 0.1) is 0 Å². The molecule has 0 fully saturated rings. The second kappa shape index (κ2) is 10.9. The van der Waals surface area contributed by atoms with Crippen LogP contribution in [0.3, 0.4) is 0 Å². The highest BCUT2D eigenvalue weighted by Gasteiger charge is 2.59. The Kier molecular flexibility index (Phi) is 8.90. The van der Waals surface area contributed by atoms with Crippen molar-refractivity contribution >= 4 is 24.7 Å². The van der Waals surface area contributed by atoms with Crippen LogP contribution in [0, 0.1) is 0 Å². The largest absolute Gasteiger partial charge is 0.479 e. The first-order valence-corrected chi connectivity index (χ1v) is 13.1. The number of aliphatic hydroxyl groups is 1. The van der Waals surface area contributed by atoms with Crippen molar-refractivity contribution in [3.05, 3.63) is 72.8 Å². The average Bonchev–Trinajstić information content (AvgIpc) is 2.76. The Balaban J connectivity index is 2.22. The highest BCUT2D eigenvalue weighted by molar-refractivity contribution is 6.99. The maximum absolute atomic E-state index is 12.9. The van der Waals surface area contributed by atoms with Gasteiger partial charge in [-0.1, -0.05) is 93.6 Å². The smallest absolute Gasteiger partial charge is 0.428 e. The Hall–Kier alpha value is -2.42. The molecule has 0 aliphatic rings. The standard InChI is InChI=1S/C26H33F3O4Si/c1-20(14-8-7-13-19-25(32,23(30)31)26(27,28)29)33-34(24(2,3)4,21-15-9-5-10-16-21)22-17-11-6-12-18-22/h5-7,9-13,15-18,20,32H,8,14,19H2,1-4H3,(H,30,31)/b13-7+. The van der Waals surface area contributed by atoms with E-state index in [1.807, 2.05) is 43.3 Å². The Labute approximate surface area is 200 Å². The van der Waals surface area contributed by atoms with E-state index in [-0.39, 0.29) is 11.1 Å². The van der Waals surface area contributed by atoms with Crippen LogP contribution >= 0.6 is 0 Å². The highest BCUT2D eigenvalue weighted by atomic mass is 28.4. The first-order valence-electron chi connectivity index (χ1n) is 11.2. The summed E-state index contributed by atoms with van der Waals surface area (Å²) >= 11 is 0. The second-order valence-corrected chi connectivity index (χ2v) is 13.8. The van der Waals surface area contributed by atoms with Crippen LogP contribution in [-0.2, 0) is 9.22 Å². The van der Waals surface area contributed by atoms with Crippen LogP contribution in [0.4, 0.5) is 13.2 Å². The van der Waals surface area contributed by atoms with Crippen molar-refractivity contribution in [1.29, 1.82) is 0 Å². The number of aliphatic carboxylic acids is 1. The molecular formula is C26H33F3O4Si. The molecule has 0 radical (unpaired) electrons. The minimum Gasteiger partial charge on any atom is -0.479 e. The van der Waals surface area contributed by atoms with E-state index >= 15 is 0 Å². The maximum atomic E-state index is 12.9. The zero-order chi connectivity index (χ0) is 25.6. The third kappa shape index (κ3) is 5.98. The van der Waals surface area contributed by atoms with Gasteiger partial charge in [0.1, 0.15) is 0 Å². The van der Waals surface area contributed by atoms with Crippen LogP contribution in [0.2, 0.25) is 5.04 Å². The lowest BCUT2D eigenvalue weighted by Crippen LogP contribution is -2.67. The first-order chi connectivity index (χ1) is 15.8. The van der Waals surface area contributed by atoms with Crippen molar-refractivity contribution in [2.45, 2.75) is 69.9 Å². The van der Waals surface area contributed by atoms with Crippen molar-refractivity contribution in [3.8, 4) is 0 Å². The van der Waals surface area contributed by atoms with Crippen LogP contribution < -0.4 is 10.4 Å². The molecule has 0 aliphatic heterocycles. The summed E-state index contributed by atoms with van der Waals surface area (Å²) in [6.07, 6.45) is -3.08. The van der Waals surface area contributed by atoms with E-state index < -0.39 is 32.5 Å². The maximum Gasteiger partial charge on any atom is 0.428 e. The van der Waals surface area contributed by atoms with E-state index in [0.29, 0.717) is 12.8 Å². The lowest BCUT2D eigenvalue weighted by molar-refractivity contribution is -0.258. The van der Waals surface area contributed by atoms with Gasteiger partial charge in [-0.05, 0) is 35.2 Å². The van der Waals surface area contributed by atoms with E-state index in [4.69, 9.17) is 9.53 Å². The lowest BCUT2D eigenvalue weighted by Gasteiger charge is -2.44. The molecule has 0 bridgehead atoms. The fourth-order valence-corrected chi connectivity index (χ4v) is 8.82. The monoisotopic (exact) mass is 494 g/mol. The minimum atomic E-state index is -5.26. The average molecular weight is 495 g/mol. The number of rotatable bonds is 10. The van der Waals surface area contributed by atoms with Crippen molar-refractivity contribution < 1.29 is 32.6 Å². The van der Waals surface area contributed by atoms with Gasteiger partial charge in [0.15, 0.2) is 0 Å². The van der Waals surface area contributed by atoms with Gasteiger partial charge in [-0.3, -0.25) is 0 Å². The molecule has 2 aromatic carbocycles. The summed E-state index contributed by atoms with van der Waals surface area (Å²) in [6, 6.07) is 20.2. The van der Waals surface area contributed by atoms with Crippen LogP contribution in [0.5, 0.6) is 0 Å². The minimum absolute atomic E-state index is 0.204. The number of hydrogen-bond acceptors (Lipinski definition) is 3. The predicted molar refractivity (Wildman–Crippen MR) is 130 cm³/mol. The summed E-state index contributed by atoms with van der Waals surface area (Å²) in [5.41, 5.74) is -3.79. The fraction of sp³-hybridized carbons (Fsp3) is 0.423. The topological polar surface area (TPSA) is 66.8 Å². The first kappa shape index (κ1) is 27.8. The fourth-order valence-electron chi connectivity index (χ4n) is 4.08. The van der Waals surface area contributed by atoms with Crippen molar-refractivity contribution in [3.63, 3.8) is 0 Å². The molecule has 2 rings (SSSR count). The summed E-state index contributed by atoms with van der Waals surface area (Å²) in [4.78, 5) is 10.9. The molecule has 0 saturated carbocycles. The number of carboxylic acid groups (broad SMARTS) is 1. The van der Waals surface area contributed by atoms with Gasteiger partial charge in [-0.2, -0.15) is 13.2 Å². The molecule has 0 heterocycles. The molecule has 34 heavy (non-hydrogen) atoms. The van der Waals surface area contributed by atoms with Gasteiger partial charge in [0.25, 0.3) is 13.9 Å². The SMILES string of the molecule is CC(CC/C=C/CC(O)(C(=O)O)C(F)(F)F)O[Si](c1ccccc1)(c1ccccc1)C(C)(C)C. The normalized spacial score (nSPS) is 15.8. The quantitative estimate of drug-likeness (QED) is 0.358. The number of allylic oxidation sites excluding steroid dienone is 1. The zero-order valence-electron chi connectivity index (χ0n) is 20.0. The molecule has 0 aromatic heterocycles. The number of hydrogen-bond donors (Lipinski definition) is 2. The third-order valence-electron chi connectivity index (χ3n) is 5.94. The molecule has 2 aromatic rings. The van der Waals surface area contributed by atoms with Crippen molar-refractivity contribution in [1.82, 2.24) is 0 Å². The summed E-state index contributed by atoms with van der Waals surface area (Å²) in [6.45, 7) is 8.43. The van der Waals surface area contributed by atoms with Crippen molar-refractivity contribution in [2.75, 3.05) is 0 Å². The van der Waals surface area contributed by atoms with E-state index in [1.165, 1.54) is 6.08 Å². The van der Waals surface area contributed by atoms with Crippen LogP contribution in [0.15, 0.2) is 72.8 Å². The predicted octanol–water partition coefficient (Wildman–Crippen LogP) is 5.06. The molecule has 0 saturated heterocycles. The van der Waals surface area contributed by atoms with Gasteiger partial charge < -0.3 is 14.6 Å². The lowest BCUT2D eigenvalue weighted by atomic mass is 9.98. The van der Waals surface area contributed by atoms with Gasteiger partial charge >= 0.3 is 12.1 Å². The van der Waals surface area contributed by atoms with E-state index in [0.717, 1.165) is 16.4 Å². The number of carboxylic acids is 1. The Morgan fingerprint density at radius 3 is 1.82 bits per heavy atom. The van der Waals surface area contributed by atoms with Gasteiger partial charge in [0, 0.05) is 12.5 Å². The number of alkyl halides is 3. The highest BCUT2D eigenvalue weighted by Crippen LogP contribution is 2.38. The Morgan fingerprint density at radius 2 is 1.44 bits per heavy atom. The molecule has 0 aliphatic carbocycles. The molecule has 0 spiro atoms. The van der Waals surface area contributed by atoms with Gasteiger partial charge in [0.2, 0.25) is 0 Å². The van der Waals surface area contributed by atoms with Crippen LogP contribution in [-0.4, -0.2) is 42.4 Å². The van der Waals surface area contributed by atoms with Crippen LogP contribution in [0.1, 0.15) is 47.0 Å². The molecule has 8 heteroatoms. The summed E-state index contributed by atoms with van der Waals surface area (Å²) in [5, 5.41) is 20.4. The molecule has 2 N–H and O–H groups in total. The Bertz CT molecular complexity index is 916. The van der Waals surface area contributed by atoms with Crippen molar-refractivity contribution in [2.24, 2.45) is 0 Å². The molecule has 4 nitrogen and oxygen atoms in total. The number of carbonyl (C=O) groups is 1. The third-order valence-corrected chi connectivity index (χ3v) is 11.1. The van der Waals surface area contributed by atoms with E-state index in [2.05, 4.69) is 45.0 Å². The summed E-state index contributed by atoms with van der Waals surface area (Å²) < 4.78 is 45.7. The van der Waals surface area contributed by atoms with Gasteiger partial charge in [-0.15, -0.1) is 0 Å². The number of benzene rings is 2. The van der Waals surface area contributed by atoms with Crippen LogP contribution in [0.25, 0.3) is 0 Å². The van der Waals surface area contributed by atoms with E-state index in [9.17, 15) is 23.1 Å². The van der Waals surface area contributed by atoms with E-state index in [1.54, 1.807) is 0 Å².